The van der Waals surface area contributed by atoms with Crippen molar-refractivity contribution in [1.29, 1.82) is 0 Å². The standard InChI is InChI=1S/C7H13NO2.C5H9NO/c1-3-8-4-2-7(1)9-5-6-10-7;7-5-1-3-6-4-2-5/h8H,1-6H2;6H,1-4H2. The average Bonchev–Trinajstić information content (AvgIpc) is 2.80. The van der Waals surface area contributed by atoms with Crippen molar-refractivity contribution in [3.05, 3.63) is 0 Å². The largest absolute Gasteiger partial charge is 0.347 e. The number of Topliss-reactive ketones (excluding diaryl/α,β-unsaturated/α-hetero) is 1. The highest BCUT2D eigenvalue weighted by molar-refractivity contribution is 5.79. The Bertz CT molecular complexity index is 236. The molecule has 98 valence electrons. The molecule has 0 unspecified atom stereocenters. The zero-order valence-electron chi connectivity index (χ0n) is 10.3. The van der Waals surface area contributed by atoms with E-state index in [1.807, 2.05) is 0 Å². The molecule has 0 atom stereocenters. The highest BCUT2D eigenvalue weighted by atomic mass is 16.7. The van der Waals surface area contributed by atoms with Gasteiger partial charge in [-0.2, -0.15) is 0 Å². The van der Waals surface area contributed by atoms with E-state index in [9.17, 15) is 4.79 Å². The summed E-state index contributed by atoms with van der Waals surface area (Å²) in [5, 5.41) is 6.37. The van der Waals surface area contributed by atoms with Gasteiger partial charge in [0.15, 0.2) is 5.79 Å². The van der Waals surface area contributed by atoms with Gasteiger partial charge in [-0.15, -0.1) is 0 Å². The molecule has 5 nitrogen and oxygen atoms in total. The second-order valence-electron chi connectivity index (χ2n) is 4.65. The Morgan fingerprint density at radius 3 is 1.88 bits per heavy atom. The summed E-state index contributed by atoms with van der Waals surface area (Å²) >= 11 is 0. The van der Waals surface area contributed by atoms with Gasteiger partial charge in [0, 0.05) is 51.9 Å². The lowest BCUT2D eigenvalue weighted by Gasteiger charge is -2.31. The molecular formula is C12H22N2O3. The molecule has 3 rings (SSSR count). The third kappa shape index (κ3) is 4.03. The fourth-order valence-corrected chi connectivity index (χ4v) is 2.30. The van der Waals surface area contributed by atoms with Crippen LogP contribution in [0.2, 0.25) is 0 Å². The summed E-state index contributed by atoms with van der Waals surface area (Å²) in [4.78, 5) is 10.4. The van der Waals surface area contributed by atoms with Crippen LogP contribution in [0.1, 0.15) is 25.7 Å². The van der Waals surface area contributed by atoms with Crippen LogP contribution in [0.15, 0.2) is 0 Å². The van der Waals surface area contributed by atoms with E-state index in [-0.39, 0.29) is 5.79 Å². The number of hydrogen-bond donors (Lipinski definition) is 2. The summed E-state index contributed by atoms with van der Waals surface area (Å²) in [5.74, 6) is 0.212. The molecule has 3 saturated heterocycles. The van der Waals surface area contributed by atoms with Crippen molar-refractivity contribution in [2.75, 3.05) is 39.4 Å². The molecule has 0 saturated carbocycles. The van der Waals surface area contributed by atoms with Crippen LogP contribution in [-0.2, 0) is 14.3 Å². The third-order valence-corrected chi connectivity index (χ3v) is 3.34. The minimum absolute atomic E-state index is 0.189. The molecule has 0 aliphatic carbocycles. The molecule has 1 spiro atoms. The monoisotopic (exact) mass is 242 g/mol. The van der Waals surface area contributed by atoms with Crippen LogP contribution in [0.4, 0.5) is 0 Å². The Hall–Kier alpha value is -0.490. The van der Waals surface area contributed by atoms with Gasteiger partial charge in [0.2, 0.25) is 0 Å². The molecule has 0 bridgehead atoms. The molecule has 0 aromatic carbocycles. The minimum Gasteiger partial charge on any atom is -0.347 e. The summed E-state index contributed by atoms with van der Waals surface area (Å²) < 4.78 is 11.0. The number of ketones is 1. The first kappa shape index (κ1) is 13.0. The Balaban J connectivity index is 0.000000136. The summed E-state index contributed by atoms with van der Waals surface area (Å²) in [7, 11) is 0. The molecule has 3 aliphatic heterocycles. The molecule has 5 heteroatoms. The van der Waals surface area contributed by atoms with E-state index in [2.05, 4.69) is 10.6 Å². The topological polar surface area (TPSA) is 59.6 Å². The SMILES string of the molecule is C1CC2(CCN1)OCCO2.O=C1CCNCC1. The molecule has 17 heavy (non-hydrogen) atoms. The Labute approximate surface area is 102 Å². The zero-order chi connectivity index (χ0) is 12.0. The van der Waals surface area contributed by atoms with Crippen LogP contribution in [0.3, 0.4) is 0 Å². The van der Waals surface area contributed by atoms with Crippen molar-refractivity contribution < 1.29 is 14.3 Å². The smallest absolute Gasteiger partial charge is 0.170 e. The fraction of sp³-hybridized carbons (Fsp3) is 0.917. The summed E-state index contributed by atoms with van der Waals surface area (Å²) in [6.07, 6.45) is 3.49. The first-order valence-corrected chi connectivity index (χ1v) is 6.52. The second-order valence-corrected chi connectivity index (χ2v) is 4.65. The van der Waals surface area contributed by atoms with Gasteiger partial charge < -0.3 is 20.1 Å². The molecule has 2 N–H and O–H groups in total. The van der Waals surface area contributed by atoms with Gasteiger partial charge >= 0.3 is 0 Å². The van der Waals surface area contributed by atoms with Crippen molar-refractivity contribution >= 4 is 5.78 Å². The number of ether oxygens (including phenoxy) is 2. The van der Waals surface area contributed by atoms with Crippen LogP contribution < -0.4 is 10.6 Å². The molecule has 0 radical (unpaired) electrons. The molecule has 0 aromatic rings. The van der Waals surface area contributed by atoms with Gasteiger partial charge in [0.05, 0.1) is 13.2 Å². The summed E-state index contributed by atoms with van der Waals surface area (Å²) in [6.45, 7) is 5.39. The van der Waals surface area contributed by atoms with Crippen molar-refractivity contribution in [2.24, 2.45) is 0 Å². The van der Waals surface area contributed by atoms with Gasteiger partial charge in [-0.25, -0.2) is 0 Å². The number of carbonyl (C=O) groups excluding carboxylic acids is 1. The first-order valence-electron chi connectivity index (χ1n) is 6.52. The Morgan fingerprint density at radius 2 is 1.41 bits per heavy atom. The van der Waals surface area contributed by atoms with Gasteiger partial charge in [-0.3, -0.25) is 4.79 Å². The van der Waals surface area contributed by atoms with E-state index in [4.69, 9.17) is 9.47 Å². The zero-order valence-corrected chi connectivity index (χ0v) is 10.3. The number of nitrogens with one attached hydrogen (secondary N) is 2. The minimum atomic E-state index is -0.189. The highest BCUT2D eigenvalue weighted by Crippen LogP contribution is 2.28. The number of rotatable bonds is 0. The lowest BCUT2D eigenvalue weighted by Crippen LogP contribution is -2.42. The quantitative estimate of drug-likeness (QED) is 0.628. The van der Waals surface area contributed by atoms with E-state index in [1.165, 1.54) is 0 Å². The number of carbonyl (C=O) groups is 1. The molecule has 3 fully saturated rings. The van der Waals surface area contributed by atoms with Crippen molar-refractivity contribution in [1.82, 2.24) is 10.6 Å². The van der Waals surface area contributed by atoms with E-state index in [0.717, 1.165) is 65.1 Å². The number of hydrogen-bond acceptors (Lipinski definition) is 5. The van der Waals surface area contributed by atoms with E-state index >= 15 is 0 Å². The fourth-order valence-electron chi connectivity index (χ4n) is 2.30. The van der Waals surface area contributed by atoms with Gasteiger partial charge in [0.1, 0.15) is 5.78 Å². The maximum Gasteiger partial charge on any atom is 0.170 e. The van der Waals surface area contributed by atoms with Crippen LogP contribution in [-0.4, -0.2) is 51.0 Å². The first-order chi connectivity index (χ1) is 8.31. The van der Waals surface area contributed by atoms with E-state index < -0.39 is 0 Å². The highest BCUT2D eigenvalue weighted by Gasteiger charge is 2.37. The second kappa shape index (κ2) is 6.44. The third-order valence-electron chi connectivity index (χ3n) is 3.34. The van der Waals surface area contributed by atoms with E-state index in [0.29, 0.717) is 5.78 Å². The molecule has 3 heterocycles. The van der Waals surface area contributed by atoms with Crippen LogP contribution in [0.5, 0.6) is 0 Å². The van der Waals surface area contributed by atoms with Crippen molar-refractivity contribution in [3.8, 4) is 0 Å². The van der Waals surface area contributed by atoms with Crippen LogP contribution >= 0.6 is 0 Å². The van der Waals surface area contributed by atoms with Crippen LogP contribution in [0.25, 0.3) is 0 Å². The van der Waals surface area contributed by atoms with Gasteiger partial charge in [-0.1, -0.05) is 0 Å². The van der Waals surface area contributed by atoms with Gasteiger partial charge in [0.25, 0.3) is 0 Å². The predicted molar refractivity (Wildman–Crippen MR) is 63.8 cm³/mol. The van der Waals surface area contributed by atoms with Crippen LogP contribution in [0, 0.1) is 0 Å². The molecule has 3 aliphatic rings. The van der Waals surface area contributed by atoms with E-state index in [1.54, 1.807) is 0 Å². The number of piperidine rings is 2. The molecule has 0 aromatic heterocycles. The average molecular weight is 242 g/mol. The molecule has 0 amide bonds. The normalized spacial score (nSPS) is 27.6. The lowest BCUT2D eigenvalue weighted by atomic mass is 10.1. The Morgan fingerprint density at radius 1 is 0.882 bits per heavy atom. The van der Waals surface area contributed by atoms with Crippen molar-refractivity contribution in [3.63, 3.8) is 0 Å². The lowest BCUT2D eigenvalue weighted by molar-refractivity contribution is -0.172. The summed E-state index contributed by atoms with van der Waals surface area (Å²) in [6, 6.07) is 0. The van der Waals surface area contributed by atoms with Crippen molar-refractivity contribution in [2.45, 2.75) is 31.5 Å². The molecular weight excluding hydrogens is 220 g/mol. The predicted octanol–water partition coefficient (Wildman–Crippen LogP) is 0.0518. The van der Waals surface area contributed by atoms with Gasteiger partial charge in [-0.05, 0) is 0 Å². The Kier molecular flexibility index (Phi) is 4.91. The maximum atomic E-state index is 10.4. The maximum absolute atomic E-state index is 10.4. The summed E-state index contributed by atoms with van der Waals surface area (Å²) in [5.41, 5.74) is 0.